The van der Waals surface area contributed by atoms with Gasteiger partial charge < -0.3 is 15.5 Å². The van der Waals surface area contributed by atoms with Crippen LogP contribution in [0.25, 0.3) is 0 Å². The minimum absolute atomic E-state index is 0.0188. The summed E-state index contributed by atoms with van der Waals surface area (Å²) < 4.78 is 0. The normalized spacial score (nSPS) is 27.1. The lowest BCUT2D eigenvalue weighted by Gasteiger charge is -2.27. The molecule has 1 amide bonds. The monoisotopic (exact) mass is 229 g/mol. The highest BCUT2D eigenvalue weighted by atomic mass is 16.4. The summed E-state index contributed by atoms with van der Waals surface area (Å²) in [5.74, 6) is -1.35. The van der Waals surface area contributed by atoms with Gasteiger partial charge in [-0.2, -0.15) is 0 Å². The molecule has 3 N–H and O–H groups in total. The zero-order chi connectivity index (χ0) is 12.1. The number of aliphatic hydroxyl groups excluding tert-OH is 1. The van der Waals surface area contributed by atoms with Gasteiger partial charge in [0.2, 0.25) is 5.91 Å². The smallest absolute Gasteiger partial charge is 0.325 e. The highest BCUT2D eigenvalue weighted by Crippen LogP contribution is 2.26. The van der Waals surface area contributed by atoms with Gasteiger partial charge in [0.15, 0.2) is 0 Å². The SMILES string of the molecule is C[C@H](NC(=O)C[C@@H]1CCCC[C@H]1O)C(=O)O. The maximum atomic E-state index is 11.5. The molecule has 1 saturated carbocycles. The van der Waals surface area contributed by atoms with Crippen LogP contribution in [0.3, 0.4) is 0 Å². The number of carbonyl (C=O) groups is 2. The van der Waals surface area contributed by atoms with E-state index >= 15 is 0 Å². The predicted molar refractivity (Wildman–Crippen MR) is 57.8 cm³/mol. The summed E-state index contributed by atoms with van der Waals surface area (Å²) in [5, 5.41) is 20.7. The molecule has 0 saturated heterocycles. The first-order valence-electron chi connectivity index (χ1n) is 5.71. The lowest BCUT2D eigenvalue weighted by Crippen LogP contribution is -2.40. The average molecular weight is 229 g/mol. The summed E-state index contributed by atoms with van der Waals surface area (Å²) in [5.41, 5.74) is 0. The fraction of sp³-hybridized carbons (Fsp3) is 0.818. The summed E-state index contributed by atoms with van der Waals surface area (Å²) in [7, 11) is 0. The van der Waals surface area contributed by atoms with Crippen LogP contribution in [0.1, 0.15) is 39.0 Å². The van der Waals surface area contributed by atoms with Gasteiger partial charge >= 0.3 is 5.97 Å². The fourth-order valence-corrected chi connectivity index (χ4v) is 2.03. The third kappa shape index (κ3) is 3.81. The van der Waals surface area contributed by atoms with Crippen LogP contribution in [0, 0.1) is 5.92 Å². The van der Waals surface area contributed by atoms with E-state index in [2.05, 4.69) is 5.32 Å². The first-order valence-corrected chi connectivity index (χ1v) is 5.71. The van der Waals surface area contributed by atoms with Crippen molar-refractivity contribution in [3.63, 3.8) is 0 Å². The largest absolute Gasteiger partial charge is 0.480 e. The Kier molecular flexibility index (Phi) is 4.73. The topological polar surface area (TPSA) is 86.6 Å². The average Bonchev–Trinajstić information content (AvgIpc) is 2.21. The van der Waals surface area contributed by atoms with Crippen molar-refractivity contribution in [3.05, 3.63) is 0 Å². The van der Waals surface area contributed by atoms with Crippen molar-refractivity contribution >= 4 is 11.9 Å². The van der Waals surface area contributed by atoms with E-state index in [1.807, 2.05) is 0 Å². The lowest BCUT2D eigenvalue weighted by atomic mass is 9.84. The molecule has 0 aromatic rings. The van der Waals surface area contributed by atoms with Gasteiger partial charge in [0.05, 0.1) is 6.10 Å². The number of hydrogen-bond acceptors (Lipinski definition) is 3. The Morgan fingerprint density at radius 3 is 2.56 bits per heavy atom. The molecule has 0 aromatic carbocycles. The van der Waals surface area contributed by atoms with Crippen LogP contribution >= 0.6 is 0 Å². The molecule has 0 bridgehead atoms. The number of carboxylic acid groups (broad SMARTS) is 1. The Labute approximate surface area is 94.8 Å². The summed E-state index contributed by atoms with van der Waals surface area (Å²) in [4.78, 5) is 22.0. The van der Waals surface area contributed by atoms with E-state index in [0.717, 1.165) is 25.7 Å². The maximum Gasteiger partial charge on any atom is 0.325 e. The van der Waals surface area contributed by atoms with Crippen LogP contribution < -0.4 is 5.32 Å². The van der Waals surface area contributed by atoms with Crippen molar-refractivity contribution in [3.8, 4) is 0 Å². The van der Waals surface area contributed by atoms with Gasteiger partial charge in [0.1, 0.15) is 6.04 Å². The van der Waals surface area contributed by atoms with Gasteiger partial charge in [-0.05, 0) is 25.7 Å². The molecule has 5 heteroatoms. The maximum absolute atomic E-state index is 11.5. The third-order valence-corrected chi connectivity index (χ3v) is 3.06. The van der Waals surface area contributed by atoms with Gasteiger partial charge in [-0.1, -0.05) is 12.8 Å². The van der Waals surface area contributed by atoms with Crippen LogP contribution in [-0.4, -0.2) is 34.2 Å². The molecule has 1 aliphatic rings. The number of rotatable bonds is 4. The van der Waals surface area contributed by atoms with E-state index in [4.69, 9.17) is 5.11 Å². The van der Waals surface area contributed by atoms with Gasteiger partial charge in [-0.25, -0.2) is 0 Å². The van der Waals surface area contributed by atoms with Crippen molar-refractivity contribution in [1.82, 2.24) is 5.32 Å². The molecule has 0 aliphatic heterocycles. The second-order valence-electron chi connectivity index (χ2n) is 4.44. The third-order valence-electron chi connectivity index (χ3n) is 3.06. The number of carboxylic acids is 1. The second-order valence-corrected chi connectivity index (χ2v) is 4.44. The Hall–Kier alpha value is -1.10. The zero-order valence-electron chi connectivity index (χ0n) is 9.48. The highest BCUT2D eigenvalue weighted by molar-refractivity contribution is 5.83. The summed E-state index contributed by atoms with van der Waals surface area (Å²) in [6.07, 6.45) is 3.43. The number of nitrogens with one attached hydrogen (secondary N) is 1. The second kappa shape index (κ2) is 5.84. The Morgan fingerprint density at radius 2 is 2.00 bits per heavy atom. The summed E-state index contributed by atoms with van der Waals surface area (Å²) >= 11 is 0. The summed E-state index contributed by atoms with van der Waals surface area (Å²) in [6.45, 7) is 1.43. The molecule has 1 fully saturated rings. The number of hydrogen-bond donors (Lipinski definition) is 3. The van der Waals surface area contributed by atoms with Gasteiger partial charge in [0, 0.05) is 6.42 Å². The van der Waals surface area contributed by atoms with E-state index in [1.165, 1.54) is 6.92 Å². The molecule has 0 heterocycles. The highest BCUT2D eigenvalue weighted by Gasteiger charge is 2.26. The van der Waals surface area contributed by atoms with Gasteiger partial charge in [0.25, 0.3) is 0 Å². The van der Waals surface area contributed by atoms with Crippen molar-refractivity contribution in [1.29, 1.82) is 0 Å². The molecular formula is C11H19NO4. The molecular weight excluding hydrogens is 210 g/mol. The first-order chi connectivity index (χ1) is 7.50. The Bertz CT molecular complexity index is 267. The van der Waals surface area contributed by atoms with E-state index in [1.54, 1.807) is 0 Å². The molecule has 0 spiro atoms. The molecule has 3 atom stereocenters. The van der Waals surface area contributed by atoms with Crippen LogP contribution in [0.2, 0.25) is 0 Å². The first kappa shape index (κ1) is 13.0. The van der Waals surface area contributed by atoms with Crippen LogP contribution in [-0.2, 0) is 9.59 Å². The Balaban J connectivity index is 2.35. The van der Waals surface area contributed by atoms with Crippen LogP contribution in [0.15, 0.2) is 0 Å². The van der Waals surface area contributed by atoms with Crippen molar-refractivity contribution < 1.29 is 19.8 Å². The van der Waals surface area contributed by atoms with Crippen molar-refractivity contribution in [2.24, 2.45) is 5.92 Å². The minimum Gasteiger partial charge on any atom is -0.480 e. The predicted octanol–water partition coefficient (Wildman–Crippen LogP) is 0.517. The minimum atomic E-state index is -1.04. The number of carbonyl (C=O) groups excluding carboxylic acids is 1. The number of aliphatic carboxylic acids is 1. The molecule has 16 heavy (non-hydrogen) atoms. The fourth-order valence-electron chi connectivity index (χ4n) is 2.03. The lowest BCUT2D eigenvalue weighted by molar-refractivity contribution is -0.141. The van der Waals surface area contributed by atoms with Gasteiger partial charge in [-0.15, -0.1) is 0 Å². The molecule has 1 rings (SSSR count). The standard InChI is InChI=1S/C11H19NO4/c1-7(11(15)16)12-10(14)6-8-4-2-3-5-9(8)13/h7-9,13H,2-6H2,1H3,(H,12,14)(H,15,16)/t7-,8-,9+/m0/s1. The Morgan fingerprint density at radius 1 is 1.38 bits per heavy atom. The molecule has 1 aliphatic carbocycles. The van der Waals surface area contributed by atoms with Crippen LogP contribution in [0.4, 0.5) is 0 Å². The van der Waals surface area contributed by atoms with Crippen LogP contribution in [0.5, 0.6) is 0 Å². The summed E-state index contributed by atoms with van der Waals surface area (Å²) in [6, 6.07) is -0.867. The van der Waals surface area contributed by atoms with E-state index < -0.39 is 18.1 Å². The van der Waals surface area contributed by atoms with Crippen molar-refractivity contribution in [2.75, 3.05) is 0 Å². The molecule has 0 aromatic heterocycles. The number of aliphatic hydroxyl groups is 1. The molecule has 5 nitrogen and oxygen atoms in total. The van der Waals surface area contributed by atoms with E-state index in [-0.39, 0.29) is 18.2 Å². The zero-order valence-corrected chi connectivity index (χ0v) is 9.48. The van der Waals surface area contributed by atoms with E-state index in [0.29, 0.717) is 0 Å². The van der Waals surface area contributed by atoms with Gasteiger partial charge in [-0.3, -0.25) is 9.59 Å². The van der Waals surface area contributed by atoms with Crippen molar-refractivity contribution in [2.45, 2.75) is 51.2 Å². The quantitative estimate of drug-likeness (QED) is 0.655. The molecule has 92 valence electrons. The number of amides is 1. The van der Waals surface area contributed by atoms with E-state index in [9.17, 15) is 14.7 Å². The molecule has 0 radical (unpaired) electrons. The molecule has 0 unspecified atom stereocenters.